The van der Waals surface area contributed by atoms with Crippen LogP contribution >= 0.6 is 0 Å². The summed E-state index contributed by atoms with van der Waals surface area (Å²) in [4.78, 5) is 12.8. The van der Waals surface area contributed by atoms with E-state index >= 15 is 0 Å². The van der Waals surface area contributed by atoms with Gasteiger partial charge in [-0.05, 0) is 47.2 Å². The van der Waals surface area contributed by atoms with Crippen LogP contribution in [0.5, 0.6) is 5.75 Å². The summed E-state index contributed by atoms with van der Waals surface area (Å²) in [6.45, 7) is 4.44. The van der Waals surface area contributed by atoms with Gasteiger partial charge in [0.1, 0.15) is 12.4 Å². The second kappa shape index (κ2) is 9.74. The molecule has 3 heteroatoms. The van der Waals surface area contributed by atoms with Crippen LogP contribution in [0, 0.1) is 6.92 Å². The number of ether oxygens (including phenoxy) is 2. The Balaban J connectivity index is 2.07. The van der Waals surface area contributed by atoms with Gasteiger partial charge in [0.25, 0.3) is 0 Å². The van der Waals surface area contributed by atoms with Crippen molar-refractivity contribution < 1.29 is 14.3 Å². The smallest absolute Gasteiger partial charge is 0.338 e. The van der Waals surface area contributed by atoms with E-state index in [0.717, 1.165) is 33.6 Å². The molecule has 0 saturated heterocycles. The molecule has 0 spiro atoms. The number of hydrogen-bond donors (Lipinski definition) is 0. The number of carbonyl (C=O) groups excluding carboxylic acids is 1. The molecule has 0 heterocycles. The van der Waals surface area contributed by atoms with Crippen molar-refractivity contribution in [1.29, 1.82) is 0 Å². The van der Waals surface area contributed by atoms with Gasteiger partial charge >= 0.3 is 5.97 Å². The second-order valence-electron chi connectivity index (χ2n) is 6.78. The number of esters is 1. The lowest BCUT2D eigenvalue weighted by Gasteiger charge is -2.17. The van der Waals surface area contributed by atoms with Crippen molar-refractivity contribution in [3.8, 4) is 5.75 Å². The van der Waals surface area contributed by atoms with E-state index in [4.69, 9.17) is 9.47 Å². The summed E-state index contributed by atoms with van der Waals surface area (Å²) in [6, 6.07) is 25.7. The highest BCUT2D eigenvalue weighted by molar-refractivity contribution is 6.24. The molecule has 0 aliphatic rings. The molecular formula is C26H26O3. The molecule has 0 aliphatic carbocycles. The molecule has 148 valence electrons. The van der Waals surface area contributed by atoms with Crippen molar-refractivity contribution >= 4 is 17.1 Å². The van der Waals surface area contributed by atoms with Crippen LogP contribution in [0.1, 0.15) is 35.6 Å². The van der Waals surface area contributed by atoms with Gasteiger partial charge in [0, 0.05) is 0 Å². The van der Waals surface area contributed by atoms with Gasteiger partial charge in [-0.25, -0.2) is 4.79 Å². The highest BCUT2D eigenvalue weighted by Gasteiger charge is 2.21. The van der Waals surface area contributed by atoms with Crippen molar-refractivity contribution in [3.05, 3.63) is 101 Å². The SMILES string of the molecule is CCC(=C(C(=O)OC)c1ccccc1COc1ccccc1C)c1ccccc1. The van der Waals surface area contributed by atoms with Gasteiger partial charge in [0.05, 0.1) is 12.7 Å². The summed E-state index contributed by atoms with van der Waals surface area (Å²) in [5, 5.41) is 0. The molecule has 3 aromatic rings. The number of para-hydroxylation sites is 1. The number of rotatable bonds is 7. The fourth-order valence-corrected chi connectivity index (χ4v) is 3.43. The summed E-state index contributed by atoms with van der Waals surface area (Å²) in [6.07, 6.45) is 0.710. The van der Waals surface area contributed by atoms with Crippen LogP contribution in [-0.2, 0) is 16.1 Å². The predicted molar refractivity (Wildman–Crippen MR) is 118 cm³/mol. The molecule has 3 rings (SSSR count). The highest BCUT2D eigenvalue weighted by Crippen LogP contribution is 2.32. The first kappa shape index (κ1) is 20.4. The zero-order valence-corrected chi connectivity index (χ0v) is 17.1. The van der Waals surface area contributed by atoms with Crippen LogP contribution in [0.25, 0.3) is 11.1 Å². The van der Waals surface area contributed by atoms with Gasteiger partial charge in [-0.15, -0.1) is 0 Å². The van der Waals surface area contributed by atoms with E-state index in [2.05, 4.69) is 6.92 Å². The molecule has 29 heavy (non-hydrogen) atoms. The molecular weight excluding hydrogens is 360 g/mol. The largest absolute Gasteiger partial charge is 0.489 e. The predicted octanol–water partition coefficient (Wildman–Crippen LogP) is 6.07. The van der Waals surface area contributed by atoms with E-state index in [1.807, 2.05) is 85.8 Å². The van der Waals surface area contributed by atoms with Gasteiger partial charge in [0.15, 0.2) is 0 Å². The molecule has 0 amide bonds. The minimum absolute atomic E-state index is 0.339. The number of methoxy groups -OCH3 is 1. The van der Waals surface area contributed by atoms with Gasteiger partial charge in [-0.1, -0.05) is 79.7 Å². The van der Waals surface area contributed by atoms with Crippen molar-refractivity contribution in [2.45, 2.75) is 26.9 Å². The maximum atomic E-state index is 12.8. The molecule has 0 atom stereocenters. The first-order chi connectivity index (χ1) is 14.2. The molecule has 0 bridgehead atoms. The molecule has 0 radical (unpaired) electrons. The van der Waals surface area contributed by atoms with Crippen molar-refractivity contribution in [1.82, 2.24) is 0 Å². The molecule has 0 aliphatic heterocycles. The average Bonchev–Trinajstić information content (AvgIpc) is 2.77. The Hall–Kier alpha value is -3.33. The summed E-state index contributed by atoms with van der Waals surface area (Å²) < 4.78 is 11.2. The van der Waals surface area contributed by atoms with Crippen LogP contribution in [0.4, 0.5) is 0 Å². The van der Waals surface area contributed by atoms with Crippen molar-refractivity contribution in [3.63, 3.8) is 0 Å². The lowest BCUT2D eigenvalue weighted by molar-refractivity contribution is -0.133. The summed E-state index contributed by atoms with van der Waals surface area (Å²) in [5.41, 5.74) is 5.43. The maximum Gasteiger partial charge on any atom is 0.338 e. The van der Waals surface area contributed by atoms with Crippen LogP contribution < -0.4 is 4.74 Å². The average molecular weight is 386 g/mol. The molecule has 3 nitrogen and oxygen atoms in total. The molecule has 0 unspecified atom stereocenters. The standard InChI is InChI=1S/C26H26O3/c1-4-22(20-13-6-5-7-14-20)25(26(27)28-3)23-16-10-9-15-21(23)18-29-24-17-11-8-12-19(24)2/h5-17H,4,18H2,1-3H3. The summed E-state index contributed by atoms with van der Waals surface area (Å²) >= 11 is 0. The van der Waals surface area contributed by atoms with Crippen molar-refractivity contribution in [2.24, 2.45) is 0 Å². The zero-order valence-electron chi connectivity index (χ0n) is 17.1. The van der Waals surface area contributed by atoms with E-state index in [1.165, 1.54) is 7.11 Å². The lowest BCUT2D eigenvalue weighted by Crippen LogP contribution is -2.10. The van der Waals surface area contributed by atoms with Crippen LogP contribution in [0.3, 0.4) is 0 Å². The lowest BCUT2D eigenvalue weighted by atomic mass is 9.90. The fourth-order valence-electron chi connectivity index (χ4n) is 3.43. The van der Waals surface area contributed by atoms with E-state index < -0.39 is 0 Å². The number of benzene rings is 3. The van der Waals surface area contributed by atoms with Crippen LogP contribution in [0.15, 0.2) is 78.9 Å². The molecule has 3 aromatic carbocycles. The number of allylic oxidation sites excluding steroid dienone is 1. The third-order valence-corrected chi connectivity index (χ3v) is 4.93. The monoisotopic (exact) mass is 386 g/mol. The van der Waals surface area contributed by atoms with E-state index in [0.29, 0.717) is 18.6 Å². The minimum Gasteiger partial charge on any atom is -0.489 e. The van der Waals surface area contributed by atoms with E-state index in [1.54, 1.807) is 0 Å². The van der Waals surface area contributed by atoms with E-state index in [-0.39, 0.29) is 5.97 Å². The summed E-state index contributed by atoms with van der Waals surface area (Å²) in [7, 11) is 1.42. The zero-order chi connectivity index (χ0) is 20.6. The fraction of sp³-hybridized carbons (Fsp3) is 0.192. The molecule has 0 aromatic heterocycles. The quantitative estimate of drug-likeness (QED) is 0.281. The van der Waals surface area contributed by atoms with Gasteiger partial charge < -0.3 is 9.47 Å². The Morgan fingerprint density at radius 3 is 2.21 bits per heavy atom. The third kappa shape index (κ3) is 4.75. The number of carbonyl (C=O) groups is 1. The third-order valence-electron chi connectivity index (χ3n) is 4.93. The number of hydrogen-bond acceptors (Lipinski definition) is 3. The molecule has 0 saturated carbocycles. The maximum absolute atomic E-state index is 12.8. The van der Waals surface area contributed by atoms with Crippen molar-refractivity contribution in [2.75, 3.05) is 7.11 Å². The number of aryl methyl sites for hydroxylation is 1. The molecule has 0 fully saturated rings. The van der Waals surface area contributed by atoms with Gasteiger partial charge in [-0.2, -0.15) is 0 Å². The Kier molecular flexibility index (Phi) is 6.85. The van der Waals surface area contributed by atoms with Gasteiger partial charge in [-0.3, -0.25) is 0 Å². The first-order valence-corrected chi connectivity index (χ1v) is 9.79. The topological polar surface area (TPSA) is 35.5 Å². The Morgan fingerprint density at radius 1 is 0.862 bits per heavy atom. The first-order valence-electron chi connectivity index (χ1n) is 9.79. The Bertz CT molecular complexity index is 1000. The second-order valence-corrected chi connectivity index (χ2v) is 6.78. The Labute approximate surface area is 172 Å². The Morgan fingerprint density at radius 2 is 1.52 bits per heavy atom. The summed E-state index contributed by atoms with van der Waals surface area (Å²) in [5.74, 6) is 0.499. The van der Waals surface area contributed by atoms with E-state index in [9.17, 15) is 4.79 Å². The van der Waals surface area contributed by atoms with Gasteiger partial charge in [0.2, 0.25) is 0 Å². The highest BCUT2D eigenvalue weighted by atomic mass is 16.5. The molecule has 0 N–H and O–H groups in total. The van der Waals surface area contributed by atoms with Crippen LogP contribution in [0.2, 0.25) is 0 Å². The van der Waals surface area contributed by atoms with Crippen LogP contribution in [-0.4, -0.2) is 13.1 Å². The minimum atomic E-state index is -0.339. The normalized spacial score (nSPS) is 11.6.